The highest BCUT2D eigenvalue weighted by Crippen LogP contribution is 2.52. The van der Waals surface area contributed by atoms with Crippen LogP contribution < -0.4 is 5.73 Å². The summed E-state index contributed by atoms with van der Waals surface area (Å²) < 4.78 is 0. The summed E-state index contributed by atoms with van der Waals surface area (Å²) in [5, 5.41) is 0. The van der Waals surface area contributed by atoms with Crippen molar-refractivity contribution < 1.29 is 4.79 Å². The minimum Gasteiger partial charge on any atom is -0.338 e. The molecule has 2 N–H and O–H groups in total. The molecule has 1 aliphatic carbocycles. The molecule has 2 fully saturated rings. The van der Waals surface area contributed by atoms with Crippen LogP contribution in [-0.4, -0.2) is 29.9 Å². The fourth-order valence-corrected chi connectivity index (χ4v) is 2.46. The van der Waals surface area contributed by atoms with Gasteiger partial charge >= 0.3 is 0 Å². The number of likely N-dealkylation sites (tertiary alicyclic amines) is 1. The molecule has 1 saturated heterocycles. The Labute approximate surface area is 85.6 Å². The third kappa shape index (κ3) is 1.54. The van der Waals surface area contributed by atoms with Crippen molar-refractivity contribution in [1.82, 2.24) is 4.90 Å². The molecule has 3 heteroatoms. The Hall–Kier alpha value is -0.570. The van der Waals surface area contributed by atoms with Gasteiger partial charge in [-0.3, -0.25) is 4.79 Å². The second-order valence-corrected chi connectivity index (χ2v) is 5.31. The minimum atomic E-state index is 0.249. The summed E-state index contributed by atoms with van der Waals surface area (Å²) in [5.41, 5.74) is 5.91. The van der Waals surface area contributed by atoms with Crippen LogP contribution in [0.25, 0.3) is 0 Å². The highest BCUT2D eigenvalue weighted by atomic mass is 16.2. The number of hydrogen-bond acceptors (Lipinski definition) is 2. The van der Waals surface area contributed by atoms with Crippen LogP contribution in [0.15, 0.2) is 0 Å². The Balaban J connectivity index is 1.98. The van der Waals surface area contributed by atoms with Crippen LogP contribution in [0.4, 0.5) is 0 Å². The van der Waals surface area contributed by atoms with Crippen LogP contribution in [0.5, 0.6) is 0 Å². The second kappa shape index (κ2) is 3.23. The van der Waals surface area contributed by atoms with E-state index in [1.165, 1.54) is 0 Å². The first-order valence-electron chi connectivity index (χ1n) is 5.57. The van der Waals surface area contributed by atoms with Gasteiger partial charge in [0.1, 0.15) is 0 Å². The van der Waals surface area contributed by atoms with E-state index in [2.05, 4.69) is 13.8 Å². The Morgan fingerprint density at radius 3 is 2.71 bits per heavy atom. The van der Waals surface area contributed by atoms with E-state index in [1.54, 1.807) is 0 Å². The maximum absolute atomic E-state index is 12.1. The van der Waals surface area contributed by atoms with Crippen molar-refractivity contribution in [2.45, 2.75) is 39.2 Å². The zero-order valence-corrected chi connectivity index (χ0v) is 9.12. The lowest BCUT2D eigenvalue weighted by molar-refractivity contribution is -0.134. The molecular weight excluding hydrogens is 176 g/mol. The summed E-state index contributed by atoms with van der Waals surface area (Å²) in [6, 6.07) is 0.318. The van der Waals surface area contributed by atoms with Crippen molar-refractivity contribution >= 4 is 5.91 Å². The lowest BCUT2D eigenvalue weighted by atomic mass is 10.1. The number of nitrogens with zero attached hydrogens (tertiary/aromatic N) is 1. The number of nitrogens with two attached hydrogens (primary N) is 1. The number of amides is 1. The van der Waals surface area contributed by atoms with Crippen LogP contribution in [0.2, 0.25) is 0 Å². The van der Waals surface area contributed by atoms with Gasteiger partial charge in [0.2, 0.25) is 5.91 Å². The molecule has 1 amide bonds. The molecular formula is C11H20N2O. The molecule has 0 aromatic carbocycles. The first kappa shape index (κ1) is 9.97. The van der Waals surface area contributed by atoms with Crippen molar-refractivity contribution in [3.63, 3.8) is 0 Å². The van der Waals surface area contributed by atoms with Gasteiger partial charge in [-0.15, -0.1) is 0 Å². The van der Waals surface area contributed by atoms with E-state index in [0.29, 0.717) is 18.5 Å². The first-order valence-corrected chi connectivity index (χ1v) is 5.57. The van der Waals surface area contributed by atoms with Gasteiger partial charge in [-0.25, -0.2) is 0 Å². The summed E-state index contributed by atoms with van der Waals surface area (Å²) in [7, 11) is 0. The van der Waals surface area contributed by atoms with E-state index in [1.807, 2.05) is 4.90 Å². The third-order valence-electron chi connectivity index (χ3n) is 3.74. The molecule has 1 heterocycles. The maximum Gasteiger partial charge on any atom is 0.226 e. The Bertz CT molecular complexity index is 250. The lowest BCUT2D eigenvalue weighted by Crippen LogP contribution is -2.41. The Morgan fingerprint density at radius 2 is 2.21 bits per heavy atom. The van der Waals surface area contributed by atoms with Crippen LogP contribution >= 0.6 is 0 Å². The average molecular weight is 196 g/mol. The van der Waals surface area contributed by atoms with Crippen molar-refractivity contribution in [2.24, 2.45) is 17.1 Å². The van der Waals surface area contributed by atoms with Crippen LogP contribution in [0.1, 0.15) is 33.1 Å². The van der Waals surface area contributed by atoms with E-state index >= 15 is 0 Å². The van der Waals surface area contributed by atoms with Crippen LogP contribution in [0, 0.1) is 11.3 Å². The van der Waals surface area contributed by atoms with E-state index in [-0.39, 0.29) is 11.3 Å². The molecule has 0 radical (unpaired) electrons. The predicted octanol–water partition coefficient (Wildman–Crippen LogP) is 0.982. The molecule has 2 atom stereocenters. The predicted molar refractivity (Wildman–Crippen MR) is 55.7 cm³/mol. The Morgan fingerprint density at radius 1 is 1.57 bits per heavy atom. The van der Waals surface area contributed by atoms with Gasteiger partial charge in [0.15, 0.2) is 0 Å². The van der Waals surface area contributed by atoms with Crippen molar-refractivity contribution in [3.8, 4) is 0 Å². The quantitative estimate of drug-likeness (QED) is 0.715. The summed E-state index contributed by atoms with van der Waals surface area (Å²) in [6.45, 7) is 5.89. The molecule has 0 bridgehead atoms. The molecule has 3 nitrogen and oxygen atoms in total. The highest BCUT2D eigenvalue weighted by Gasteiger charge is 2.52. The lowest BCUT2D eigenvalue weighted by Gasteiger charge is -2.24. The second-order valence-electron chi connectivity index (χ2n) is 5.31. The van der Waals surface area contributed by atoms with Crippen molar-refractivity contribution in [2.75, 3.05) is 13.1 Å². The van der Waals surface area contributed by atoms with E-state index < -0.39 is 0 Å². The van der Waals surface area contributed by atoms with Crippen LogP contribution in [-0.2, 0) is 4.79 Å². The van der Waals surface area contributed by atoms with Crippen LogP contribution in [0.3, 0.4) is 0 Å². The largest absolute Gasteiger partial charge is 0.338 e. The van der Waals surface area contributed by atoms with E-state index in [0.717, 1.165) is 25.8 Å². The summed E-state index contributed by atoms with van der Waals surface area (Å²) in [4.78, 5) is 14.1. The molecule has 80 valence electrons. The molecule has 2 rings (SSSR count). The molecule has 14 heavy (non-hydrogen) atoms. The first-order chi connectivity index (χ1) is 6.56. The third-order valence-corrected chi connectivity index (χ3v) is 3.74. The molecule has 2 unspecified atom stereocenters. The normalized spacial score (nSPS) is 34.6. The number of hydrogen-bond donors (Lipinski definition) is 1. The van der Waals surface area contributed by atoms with Crippen molar-refractivity contribution in [3.05, 3.63) is 0 Å². The number of rotatable bonds is 2. The highest BCUT2D eigenvalue weighted by molar-refractivity contribution is 5.83. The maximum atomic E-state index is 12.1. The smallest absolute Gasteiger partial charge is 0.226 e. The van der Waals surface area contributed by atoms with Gasteiger partial charge in [0.25, 0.3) is 0 Å². The molecule has 0 spiro atoms. The molecule has 0 aromatic heterocycles. The summed E-state index contributed by atoms with van der Waals surface area (Å²) in [6.07, 6.45) is 3.27. The number of carbonyl (C=O) groups is 1. The summed E-state index contributed by atoms with van der Waals surface area (Å²) >= 11 is 0. The molecule has 1 saturated carbocycles. The SMILES string of the molecule is CC1(C)CC1C(=O)N1CCCC1CN. The van der Waals surface area contributed by atoms with Crippen molar-refractivity contribution in [1.29, 1.82) is 0 Å². The van der Waals surface area contributed by atoms with Gasteiger partial charge in [-0.2, -0.15) is 0 Å². The van der Waals surface area contributed by atoms with E-state index in [4.69, 9.17) is 5.73 Å². The monoisotopic (exact) mass is 196 g/mol. The standard InChI is InChI=1S/C11H20N2O/c1-11(2)6-9(11)10(14)13-5-3-4-8(13)7-12/h8-9H,3-7,12H2,1-2H3. The molecule has 1 aliphatic heterocycles. The van der Waals surface area contributed by atoms with Gasteiger partial charge in [-0.1, -0.05) is 13.8 Å². The average Bonchev–Trinajstić information content (AvgIpc) is 2.64. The zero-order chi connectivity index (χ0) is 10.3. The minimum absolute atomic E-state index is 0.249. The number of carbonyl (C=O) groups excluding carboxylic acids is 1. The molecule has 2 aliphatic rings. The molecule has 0 aromatic rings. The van der Waals surface area contributed by atoms with Gasteiger partial charge in [-0.05, 0) is 24.7 Å². The van der Waals surface area contributed by atoms with Gasteiger partial charge < -0.3 is 10.6 Å². The summed E-state index contributed by atoms with van der Waals surface area (Å²) in [5.74, 6) is 0.623. The zero-order valence-electron chi connectivity index (χ0n) is 9.12. The van der Waals surface area contributed by atoms with Gasteiger partial charge in [0.05, 0.1) is 0 Å². The fraction of sp³-hybridized carbons (Fsp3) is 0.909. The van der Waals surface area contributed by atoms with E-state index in [9.17, 15) is 4.79 Å². The van der Waals surface area contributed by atoms with Gasteiger partial charge in [0, 0.05) is 25.0 Å². The topological polar surface area (TPSA) is 46.3 Å². The Kier molecular flexibility index (Phi) is 2.30. The fourth-order valence-electron chi connectivity index (χ4n) is 2.46.